The van der Waals surface area contributed by atoms with Crippen LogP contribution in [0.3, 0.4) is 0 Å². The molecule has 0 aliphatic rings. The number of carbonyl (C=O) groups is 1. The van der Waals surface area contributed by atoms with Crippen molar-refractivity contribution < 1.29 is 9.53 Å². The highest BCUT2D eigenvalue weighted by molar-refractivity contribution is 9.10. The normalized spacial score (nSPS) is 10.6. The van der Waals surface area contributed by atoms with E-state index in [1.807, 2.05) is 23.1 Å². The van der Waals surface area contributed by atoms with Gasteiger partial charge in [-0.05, 0) is 25.1 Å². The predicted molar refractivity (Wildman–Crippen MR) is 95.0 cm³/mol. The Morgan fingerprint density at radius 2 is 2.24 bits per heavy atom. The monoisotopic (exact) mass is 410 g/mol. The molecule has 1 aromatic carbocycles. The van der Waals surface area contributed by atoms with Crippen molar-refractivity contribution in [3.05, 3.63) is 49.1 Å². The van der Waals surface area contributed by atoms with E-state index >= 15 is 0 Å². The zero-order chi connectivity index (χ0) is 18.2. The molecule has 1 heterocycles. The average molecular weight is 411 g/mol. The lowest BCUT2D eigenvalue weighted by Gasteiger charge is -2.07. The van der Waals surface area contributed by atoms with E-state index in [1.54, 1.807) is 12.1 Å². The van der Waals surface area contributed by atoms with Gasteiger partial charge in [-0.2, -0.15) is 5.10 Å². The van der Waals surface area contributed by atoms with E-state index in [2.05, 4.69) is 36.9 Å². The minimum Gasteiger partial charge on any atom is -0.493 e. The van der Waals surface area contributed by atoms with Gasteiger partial charge in [0, 0.05) is 10.0 Å². The second-order valence-electron chi connectivity index (χ2n) is 4.62. The zero-order valence-corrected chi connectivity index (χ0v) is 14.7. The zero-order valence-electron chi connectivity index (χ0n) is 13.1. The molecule has 0 spiro atoms. The SMILES string of the molecule is CCOc1ccc(Br)cc1/C=N/NC(=O)CNc1n[nH]c(=O)[nH]c1=O. The number of carbonyl (C=O) groups excluding carboxylic acids is 1. The molecule has 2 aromatic rings. The summed E-state index contributed by atoms with van der Waals surface area (Å²) in [6.07, 6.45) is 1.44. The van der Waals surface area contributed by atoms with Gasteiger partial charge in [0.1, 0.15) is 5.75 Å². The van der Waals surface area contributed by atoms with E-state index in [9.17, 15) is 14.4 Å². The van der Waals surface area contributed by atoms with E-state index < -0.39 is 17.2 Å². The summed E-state index contributed by atoms with van der Waals surface area (Å²) < 4.78 is 6.31. The van der Waals surface area contributed by atoms with Crippen LogP contribution >= 0.6 is 15.9 Å². The summed E-state index contributed by atoms with van der Waals surface area (Å²) in [5.74, 6) is -0.0493. The number of ether oxygens (including phenoxy) is 1. The molecule has 0 bridgehead atoms. The number of amides is 1. The number of hydrazone groups is 1. The molecule has 0 fully saturated rings. The third kappa shape index (κ3) is 5.57. The van der Waals surface area contributed by atoms with Crippen molar-refractivity contribution in [3.63, 3.8) is 0 Å². The lowest BCUT2D eigenvalue weighted by molar-refractivity contribution is -0.119. The average Bonchev–Trinajstić information content (AvgIpc) is 2.56. The Morgan fingerprint density at radius 3 is 2.96 bits per heavy atom. The van der Waals surface area contributed by atoms with Crippen LogP contribution < -0.4 is 26.7 Å². The number of nitrogens with one attached hydrogen (secondary N) is 4. The molecule has 0 atom stereocenters. The summed E-state index contributed by atoms with van der Waals surface area (Å²) in [5.41, 5.74) is 1.53. The Bertz CT molecular complexity index is 891. The molecule has 0 radical (unpaired) electrons. The molecular weight excluding hydrogens is 396 g/mol. The maximum absolute atomic E-state index is 11.7. The molecule has 0 saturated carbocycles. The van der Waals surface area contributed by atoms with Crippen LogP contribution in [0.25, 0.3) is 0 Å². The predicted octanol–water partition coefficient (Wildman–Crippen LogP) is 0.182. The topological polar surface area (TPSA) is 141 Å². The highest BCUT2D eigenvalue weighted by Gasteiger charge is 2.05. The number of aromatic amines is 2. The Kier molecular flexibility index (Phi) is 6.46. The van der Waals surface area contributed by atoms with E-state index in [0.717, 1.165) is 4.47 Å². The Balaban J connectivity index is 1.93. The quantitative estimate of drug-likeness (QED) is 0.379. The Labute approximate surface area is 149 Å². The highest BCUT2D eigenvalue weighted by Crippen LogP contribution is 2.21. The fraction of sp³-hybridized carbons (Fsp3) is 0.214. The summed E-state index contributed by atoms with van der Waals surface area (Å²) in [6, 6.07) is 5.41. The molecular formula is C14H15BrN6O4. The van der Waals surface area contributed by atoms with Gasteiger partial charge in [-0.3, -0.25) is 14.6 Å². The number of nitrogens with zero attached hydrogens (tertiary/aromatic N) is 2. The summed E-state index contributed by atoms with van der Waals surface area (Å²) >= 11 is 3.35. The van der Waals surface area contributed by atoms with Gasteiger partial charge in [-0.1, -0.05) is 15.9 Å². The first-order valence-electron chi connectivity index (χ1n) is 7.16. The van der Waals surface area contributed by atoms with Gasteiger partial charge in [-0.25, -0.2) is 15.3 Å². The summed E-state index contributed by atoms with van der Waals surface area (Å²) in [4.78, 5) is 35.9. The number of aromatic nitrogens is 3. The first-order chi connectivity index (χ1) is 12.0. The molecule has 1 amide bonds. The van der Waals surface area contributed by atoms with E-state index in [4.69, 9.17) is 4.74 Å². The fourth-order valence-electron chi connectivity index (χ4n) is 1.75. The van der Waals surface area contributed by atoms with E-state index in [0.29, 0.717) is 17.9 Å². The molecule has 0 aliphatic heterocycles. The van der Waals surface area contributed by atoms with Crippen molar-refractivity contribution in [2.75, 3.05) is 18.5 Å². The molecule has 25 heavy (non-hydrogen) atoms. The van der Waals surface area contributed by atoms with Gasteiger partial charge >= 0.3 is 5.69 Å². The fourth-order valence-corrected chi connectivity index (χ4v) is 2.13. The van der Waals surface area contributed by atoms with E-state index in [1.165, 1.54) is 6.21 Å². The number of rotatable bonds is 7. The van der Waals surface area contributed by atoms with Crippen molar-refractivity contribution in [2.24, 2.45) is 5.10 Å². The van der Waals surface area contributed by atoms with Crippen molar-refractivity contribution in [2.45, 2.75) is 6.92 Å². The number of halogens is 1. The molecule has 0 saturated heterocycles. The van der Waals surface area contributed by atoms with E-state index in [-0.39, 0.29) is 12.4 Å². The molecule has 11 heteroatoms. The van der Waals surface area contributed by atoms with Crippen LogP contribution in [0.2, 0.25) is 0 Å². The van der Waals surface area contributed by atoms with Gasteiger partial charge < -0.3 is 10.1 Å². The Hall–Kier alpha value is -2.95. The molecule has 4 N–H and O–H groups in total. The van der Waals surface area contributed by atoms with Crippen LogP contribution in [0.4, 0.5) is 5.82 Å². The molecule has 0 unspecified atom stereocenters. The first kappa shape index (κ1) is 18.4. The van der Waals surface area contributed by atoms with Crippen LogP contribution in [0, 0.1) is 0 Å². The van der Waals surface area contributed by atoms with Gasteiger partial charge in [0.2, 0.25) is 5.82 Å². The standard InChI is InChI=1S/C14H15BrN6O4/c1-2-25-10-4-3-9(15)5-8(10)6-17-19-11(22)7-16-12-13(23)18-14(24)21-20-12/h3-6H,2,7H2,1H3,(H,16,20)(H,19,22)(H2,18,21,23,24)/b17-6+. The minimum atomic E-state index is -0.733. The second kappa shape index (κ2) is 8.78. The van der Waals surface area contributed by atoms with Crippen LogP contribution in [0.1, 0.15) is 12.5 Å². The van der Waals surface area contributed by atoms with Crippen LogP contribution in [0.15, 0.2) is 37.4 Å². The molecule has 0 aliphatic carbocycles. The highest BCUT2D eigenvalue weighted by atomic mass is 79.9. The molecule has 1 aromatic heterocycles. The second-order valence-corrected chi connectivity index (χ2v) is 5.53. The Morgan fingerprint density at radius 1 is 1.44 bits per heavy atom. The summed E-state index contributed by atoms with van der Waals surface area (Å²) in [6.45, 7) is 2.11. The van der Waals surface area contributed by atoms with Crippen LogP contribution in [-0.4, -0.2) is 40.5 Å². The third-order valence-electron chi connectivity index (χ3n) is 2.79. The smallest absolute Gasteiger partial charge is 0.342 e. The van der Waals surface area contributed by atoms with Gasteiger partial charge in [0.05, 0.1) is 19.4 Å². The lowest BCUT2D eigenvalue weighted by atomic mass is 10.2. The van der Waals surface area contributed by atoms with Crippen molar-refractivity contribution in [3.8, 4) is 5.75 Å². The van der Waals surface area contributed by atoms with Crippen molar-refractivity contribution >= 4 is 33.9 Å². The van der Waals surface area contributed by atoms with Gasteiger partial charge in [0.25, 0.3) is 11.5 Å². The summed E-state index contributed by atoms with van der Waals surface area (Å²) in [5, 5.41) is 11.9. The van der Waals surface area contributed by atoms with Crippen molar-refractivity contribution in [1.82, 2.24) is 20.6 Å². The minimum absolute atomic E-state index is 0.177. The third-order valence-corrected chi connectivity index (χ3v) is 3.29. The number of anilines is 1. The lowest BCUT2D eigenvalue weighted by Crippen LogP contribution is -2.31. The first-order valence-corrected chi connectivity index (χ1v) is 7.96. The maximum Gasteiger partial charge on any atom is 0.342 e. The van der Waals surface area contributed by atoms with Crippen molar-refractivity contribution in [1.29, 1.82) is 0 Å². The molecule has 132 valence electrons. The van der Waals surface area contributed by atoms with Gasteiger partial charge in [0.15, 0.2) is 0 Å². The number of hydrogen-bond acceptors (Lipinski definition) is 7. The van der Waals surface area contributed by atoms with Crippen LogP contribution in [0.5, 0.6) is 5.75 Å². The van der Waals surface area contributed by atoms with Crippen LogP contribution in [-0.2, 0) is 4.79 Å². The maximum atomic E-state index is 11.7. The number of benzene rings is 1. The molecule has 2 rings (SSSR count). The largest absolute Gasteiger partial charge is 0.493 e. The number of hydrogen-bond donors (Lipinski definition) is 4. The number of H-pyrrole nitrogens is 2. The van der Waals surface area contributed by atoms with Gasteiger partial charge in [-0.15, -0.1) is 5.10 Å². The summed E-state index contributed by atoms with van der Waals surface area (Å²) in [7, 11) is 0. The molecule has 10 nitrogen and oxygen atoms in total.